The molecule has 0 spiro atoms. The molecule has 1 saturated carbocycles. The van der Waals surface area contributed by atoms with Gasteiger partial charge in [0.25, 0.3) is 0 Å². The van der Waals surface area contributed by atoms with Crippen molar-refractivity contribution in [3.63, 3.8) is 0 Å². The summed E-state index contributed by atoms with van der Waals surface area (Å²) in [4.78, 5) is 0. The van der Waals surface area contributed by atoms with Gasteiger partial charge in [0.15, 0.2) is 0 Å². The normalized spacial score (nSPS) is 29.0. The molecule has 4 heteroatoms. The first kappa shape index (κ1) is 14.7. The maximum atomic E-state index is 8.92. The Morgan fingerprint density at radius 2 is 2.05 bits per heavy atom. The fourth-order valence-corrected chi connectivity index (χ4v) is 4.03. The second kappa shape index (κ2) is 6.68. The standard InChI is InChI=1S/C17H22ClN3/c18-14-10-12(11-19)7-8-17(14)21-16-5-2-1-4-13(16)15-6-3-9-20-15/h7-8,10,13,15-16,20-21H,1-6,9H2. The highest BCUT2D eigenvalue weighted by Crippen LogP contribution is 2.34. The van der Waals surface area contributed by atoms with Crippen LogP contribution in [0.15, 0.2) is 18.2 Å². The van der Waals surface area contributed by atoms with Gasteiger partial charge in [0.05, 0.1) is 22.3 Å². The minimum atomic E-state index is 0.486. The quantitative estimate of drug-likeness (QED) is 0.889. The molecule has 1 saturated heterocycles. The summed E-state index contributed by atoms with van der Waals surface area (Å²) in [6.07, 6.45) is 7.72. The topological polar surface area (TPSA) is 47.9 Å². The van der Waals surface area contributed by atoms with Crippen molar-refractivity contribution in [1.29, 1.82) is 5.26 Å². The zero-order valence-electron chi connectivity index (χ0n) is 12.2. The Morgan fingerprint density at radius 3 is 2.76 bits per heavy atom. The number of nitrogens with zero attached hydrogens (tertiary/aromatic N) is 1. The minimum absolute atomic E-state index is 0.486. The van der Waals surface area contributed by atoms with Crippen molar-refractivity contribution in [1.82, 2.24) is 5.32 Å². The maximum Gasteiger partial charge on any atom is 0.0992 e. The Balaban J connectivity index is 1.73. The van der Waals surface area contributed by atoms with E-state index in [9.17, 15) is 0 Å². The Hall–Kier alpha value is -1.24. The number of hydrogen-bond donors (Lipinski definition) is 2. The summed E-state index contributed by atoms with van der Waals surface area (Å²) < 4.78 is 0. The number of anilines is 1. The molecule has 2 aliphatic rings. The van der Waals surface area contributed by atoms with Gasteiger partial charge in [-0.2, -0.15) is 5.26 Å². The maximum absolute atomic E-state index is 8.92. The lowest BCUT2D eigenvalue weighted by atomic mass is 9.79. The number of nitrogens with one attached hydrogen (secondary N) is 2. The molecule has 0 radical (unpaired) electrons. The Kier molecular flexibility index (Phi) is 4.67. The molecule has 3 nitrogen and oxygen atoms in total. The van der Waals surface area contributed by atoms with E-state index in [1.54, 1.807) is 6.07 Å². The van der Waals surface area contributed by atoms with Crippen LogP contribution in [-0.4, -0.2) is 18.6 Å². The van der Waals surface area contributed by atoms with Crippen LogP contribution in [0.25, 0.3) is 0 Å². The fraction of sp³-hybridized carbons (Fsp3) is 0.588. The van der Waals surface area contributed by atoms with Crippen LogP contribution in [-0.2, 0) is 0 Å². The zero-order valence-corrected chi connectivity index (χ0v) is 13.0. The van der Waals surface area contributed by atoms with Gasteiger partial charge in [-0.15, -0.1) is 0 Å². The summed E-state index contributed by atoms with van der Waals surface area (Å²) >= 11 is 6.31. The predicted molar refractivity (Wildman–Crippen MR) is 86.6 cm³/mol. The highest BCUT2D eigenvalue weighted by Gasteiger charge is 2.33. The average molecular weight is 304 g/mol. The molecule has 0 amide bonds. The molecule has 112 valence electrons. The smallest absolute Gasteiger partial charge is 0.0992 e. The first-order valence-electron chi connectivity index (χ1n) is 7.97. The van der Waals surface area contributed by atoms with Crippen LogP contribution in [0.4, 0.5) is 5.69 Å². The lowest BCUT2D eigenvalue weighted by molar-refractivity contribution is 0.263. The van der Waals surface area contributed by atoms with E-state index in [0.29, 0.717) is 28.6 Å². The molecule has 1 aromatic rings. The number of halogens is 1. The molecule has 1 aliphatic heterocycles. The van der Waals surface area contributed by atoms with Gasteiger partial charge in [-0.3, -0.25) is 0 Å². The van der Waals surface area contributed by atoms with E-state index < -0.39 is 0 Å². The van der Waals surface area contributed by atoms with Crippen molar-refractivity contribution in [3.05, 3.63) is 28.8 Å². The zero-order chi connectivity index (χ0) is 14.7. The van der Waals surface area contributed by atoms with Gasteiger partial charge in [-0.05, 0) is 56.3 Å². The van der Waals surface area contributed by atoms with Crippen molar-refractivity contribution in [2.45, 2.75) is 50.6 Å². The second-order valence-corrected chi connectivity index (χ2v) is 6.62. The fourth-order valence-electron chi connectivity index (χ4n) is 3.80. The molecule has 1 aliphatic carbocycles. The third kappa shape index (κ3) is 3.33. The summed E-state index contributed by atoms with van der Waals surface area (Å²) in [5, 5.41) is 16.9. The lowest BCUT2D eigenvalue weighted by Gasteiger charge is -2.37. The molecular weight excluding hydrogens is 282 g/mol. The van der Waals surface area contributed by atoms with Crippen molar-refractivity contribution < 1.29 is 0 Å². The molecule has 0 aromatic heterocycles. The molecule has 1 heterocycles. The van der Waals surface area contributed by atoms with E-state index in [1.807, 2.05) is 12.1 Å². The van der Waals surface area contributed by atoms with E-state index in [0.717, 1.165) is 12.2 Å². The monoisotopic (exact) mass is 303 g/mol. The molecule has 21 heavy (non-hydrogen) atoms. The largest absolute Gasteiger partial charge is 0.381 e. The summed E-state index contributed by atoms with van der Waals surface area (Å²) in [6.45, 7) is 1.16. The van der Waals surface area contributed by atoms with E-state index in [2.05, 4.69) is 16.7 Å². The molecule has 1 aromatic carbocycles. The van der Waals surface area contributed by atoms with Gasteiger partial charge in [-0.1, -0.05) is 24.4 Å². The second-order valence-electron chi connectivity index (χ2n) is 6.21. The van der Waals surface area contributed by atoms with Crippen LogP contribution >= 0.6 is 11.6 Å². The number of hydrogen-bond acceptors (Lipinski definition) is 3. The van der Waals surface area contributed by atoms with Gasteiger partial charge in [0.1, 0.15) is 0 Å². The number of rotatable bonds is 3. The van der Waals surface area contributed by atoms with Gasteiger partial charge in [0, 0.05) is 12.1 Å². The number of nitriles is 1. The Morgan fingerprint density at radius 1 is 1.19 bits per heavy atom. The van der Waals surface area contributed by atoms with Crippen LogP contribution < -0.4 is 10.6 Å². The molecule has 2 fully saturated rings. The molecule has 3 rings (SSSR count). The highest BCUT2D eigenvalue weighted by molar-refractivity contribution is 6.33. The van der Waals surface area contributed by atoms with E-state index >= 15 is 0 Å². The van der Waals surface area contributed by atoms with Crippen molar-refractivity contribution >= 4 is 17.3 Å². The van der Waals surface area contributed by atoms with E-state index in [1.165, 1.54) is 38.5 Å². The number of benzene rings is 1. The van der Waals surface area contributed by atoms with E-state index in [-0.39, 0.29) is 0 Å². The molecule has 3 atom stereocenters. The highest BCUT2D eigenvalue weighted by atomic mass is 35.5. The van der Waals surface area contributed by atoms with Crippen molar-refractivity contribution in [2.24, 2.45) is 5.92 Å². The van der Waals surface area contributed by atoms with Gasteiger partial charge in [-0.25, -0.2) is 0 Å². The van der Waals surface area contributed by atoms with Crippen molar-refractivity contribution in [3.8, 4) is 6.07 Å². The van der Waals surface area contributed by atoms with Gasteiger partial charge in [0.2, 0.25) is 0 Å². The first-order valence-corrected chi connectivity index (χ1v) is 8.35. The van der Waals surface area contributed by atoms with Gasteiger partial charge >= 0.3 is 0 Å². The van der Waals surface area contributed by atoms with Crippen LogP contribution in [0.5, 0.6) is 0 Å². The molecular formula is C17H22ClN3. The lowest BCUT2D eigenvalue weighted by Crippen LogP contribution is -2.43. The van der Waals surface area contributed by atoms with Crippen LogP contribution in [0.1, 0.15) is 44.1 Å². The first-order chi connectivity index (χ1) is 10.3. The summed E-state index contributed by atoms with van der Waals surface area (Å²) in [5.41, 5.74) is 1.58. The summed E-state index contributed by atoms with van der Waals surface area (Å²) in [7, 11) is 0. The average Bonchev–Trinajstić information content (AvgIpc) is 3.04. The Bertz CT molecular complexity index is 531. The predicted octanol–water partition coefficient (Wildman–Crippen LogP) is 3.93. The SMILES string of the molecule is N#Cc1ccc(NC2CCCCC2C2CCCN2)c(Cl)c1. The van der Waals surface area contributed by atoms with Gasteiger partial charge < -0.3 is 10.6 Å². The minimum Gasteiger partial charge on any atom is -0.381 e. The van der Waals surface area contributed by atoms with Crippen LogP contribution in [0.3, 0.4) is 0 Å². The summed E-state index contributed by atoms with van der Waals surface area (Å²) in [6, 6.07) is 8.79. The van der Waals surface area contributed by atoms with Crippen LogP contribution in [0.2, 0.25) is 5.02 Å². The summed E-state index contributed by atoms with van der Waals surface area (Å²) in [5.74, 6) is 0.688. The van der Waals surface area contributed by atoms with E-state index in [4.69, 9.17) is 16.9 Å². The molecule has 3 unspecified atom stereocenters. The third-order valence-electron chi connectivity index (χ3n) is 4.87. The Labute approximate surface area is 131 Å². The van der Waals surface area contributed by atoms with Crippen LogP contribution in [0, 0.1) is 17.2 Å². The molecule has 0 bridgehead atoms. The van der Waals surface area contributed by atoms with Crippen molar-refractivity contribution in [2.75, 3.05) is 11.9 Å². The third-order valence-corrected chi connectivity index (χ3v) is 5.19. The molecule has 2 N–H and O–H groups in total.